The van der Waals surface area contributed by atoms with Gasteiger partial charge >= 0.3 is 0 Å². The lowest BCUT2D eigenvalue weighted by Gasteiger charge is -2.33. The van der Waals surface area contributed by atoms with E-state index in [9.17, 15) is 4.79 Å². The van der Waals surface area contributed by atoms with Gasteiger partial charge in [-0.25, -0.2) is 0 Å². The van der Waals surface area contributed by atoms with E-state index in [2.05, 4.69) is 35.4 Å². The highest BCUT2D eigenvalue weighted by Crippen LogP contribution is 2.26. The fourth-order valence-corrected chi connectivity index (χ4v) is 4.89. The van der Waals surface area contributed by atoms with E-state index in [-0.39, 0.29) is 12.0 Å². The highest BCUT2D eigenvalue weighted by atomic mass is 32.2. The summed E-state index contributed by atoms with van der Waals surface area (Å²) in [4.78, 5) is 18.8. The van der Waals surface area contributed by atoms with E-state index in [4.69, 9.17) is 4.74 Å². The Kier molecular flexibility index (Phi) is 7.34. The molecule has 30 heavy (non-hydrogen) atoms. The van der Waals surface area contributed by atoms with E-state index >= 15 is 0 Å². The first-order valence-electron chi connectivity index (χ1n) is 11.1. The molecule has 0 N–H and O–H groups in total. The fraction of sp³-hybridized carbons (Fsp3) is 0.480. The lowest BCUT2D eigenvalue weighted by Crippen LogP contribution is -2.38. The molecule has 2 saturated heterocycles. The quantitative estimate of drug-likeness (QED) is 0.606. The zero-order valence-electron chi connectivity index (χ0n) is 17.9. The van der Waals surface area contributed by atoms with Crippen LogP contribution in [0.4, 0.5) is 0 Å². The maximum atomic E-state index is 13.0. The Labute approximate surface area is 184 Å². The van der Waals surface area contributed by atoms with Gasteiger partial charge in [0, 0.05) is 37.6 Å². The third-order valence-corrected chi connectivity index (χ3v) is 6.85. The lowest BCUT2D eigenvalue weighted by atomic mass is 10.1. The molecule has 4 nitrogen and oxygen atoms in total. The second-order valence-corrected chi connectivity index (χ2v) is 9.17. The minimum atomic E-state index is 0.122. The number of likely N-dealkylation sites (tertiary alicyclic amines) is 2. The zero-order valence-corrected chi connectivity index (χ0v) is 18.7. The van der Waals surface area contributed by atoms with Crippen LogP contribution in [0, 0.1) is 0 Å². The van der Waals surface area contributed by atoms with Gasteiger partial charge in [-0.3, -0.25) is 9.69 Å². The molecule has 2 heterocycles. The van der Waals surface area contributed by atoms with Crippen molar-refractivity contribution in [1.82, 2.24) is 9.80 Å². The van der Waals surface area contributed by atoms with Gasteiger partial charge in [-0.1, -0.05) is 24.3 Å². The van der Waals surface area contributed by atoms with Gasteiger partial charge in [0.15, 0.2) is 0 Å². The topological polar surface area (TPSA) is 32.8 Å². The third-order valence-electron chi connectivity index (χ3n) is 6.13. The van der Waals surface area contributed by atoms with Crippen LogP contribution in [0.25, 0.3) is 0 Å². The Morgan fingerprint density at radius 1 is 1.00 bits per heavy atom. The summed E-state index contributed by atoms with van der Waals surface area (Å²) < 4.78 is 6.36. The first-order chi connectivity index (χ1) is 14.7. The van der Waals surface area contributed by atoms with Gasteiger partial charge in [0.25, 0.3) is 5.91 Å². The summed E-state index contributed by atoms with van der Waals surface area (Å²) in [6, 6.07) is 16.6. The smallest absolute Gasteiger partial charge is 0.257 e. The summed E-state index contributed by atoms with van der Waals surface area (Å²) in [6.07, 6.45) is 7.72. The summed E-state index contributed by atoms with van der Waals surface area (Å²) in [5, 5.41) is 0. The number of thioether (sulfide) groups is 1. The van der Waals surface area contributed by atoms with Crippen molar-refractivity contribution < 1.29 is 9.53 Å². The molecule has 0 spiro atoms. The molecule has 0 aromatic heterocycles. The van der Waals surface area contributed by atoms with Gasteiger partial charge in [0.2, 0.25) is 0 Å². The van der Waals surface area contributed by atoms with Gasteiger partial charge in [0.05, 0.1) is 5.56 Å². The van der Waals surface area contributed by atoms with Crippen molar-refractivity contribution in [1.29, 1.82) is 0 Å². The average molecular weight is 425 g/mol. The van der Waals surface area contributed by atoms with Crippen LogP contribution in [-0.4, -0.2) is 54.2 Å². The van der Waals surface area contributed by atoms with Gasteiger partial charge in [-0.2, -0.15) is 0 Å². The molecule has 2 aromatic rings. The summed E-state index contributed by atoms with van der Waals surface area (Å²) >= 11 is 1.79. The Morgan fingerprint density at radius 2 is 1.77 bits per heavy atom. The Bertz CT molecular complexity index is 843. The molecule has 2 aliphatic rings. The van der Waals surface area contributed by atoms with Crippen LogP contribution in [0.5, 0.6) is 5.75 Å². The SMILES string of the molecule is CSc1cccc(CN2CCC(Oc3ccccc3C(=O)N3CCCCC3)CC2)c1. The van der Waals surface area contributed by atoms with E-state index < -0.39 is 0 Å². The molecule has 0 aliphatic carbocycles. The fourth-order valence-electron chi connectivity index (χ4n) is 4.41. The van der Waals surface area contributed by atoms with Gasteiger partial charge in [0.1, 0.15) is 11.9 Å². The molecule has 0 radical (unpaired) electrons. The van der Waals surface area contributed by atoms with Crippen LogP contribution in [0.3, 0.4) is 0 Å². The van der Waals surface area contributed by atoms with Crippen LogP contribution in [0.2, 0.25) is 0 Å². The third kappa shape index (κ3) is 5.38. The van der Waals surface area contributed by atoms with Crippen molar-refractivity contribution in [2.24, 2.45) is 0 Å². The van der Waals surface area contributed by atoms with Crippen LogP contribution < -0.4 is 4.74 Å². The predicted octanol–water partition coefficient (Wildman–Crippen LogP) is 5.08. The summed E-state index contributed by atoms with van der Waals surface area (Å²) in [5.74, 6) is 0.871. The maximum Gasteiger partial charge on any atom is 0.257 e. The number of amides is 1. The molecule has 1 amide bonds. The molecule has 0 bridgehead atoms. The molecule has 0 saturated carbocycles. The highest BCUT2D eigenvalue weighted by molar-refractivity contribution is 7.98. The molecule has 0 atom stereocenters. The number of nitrogens with zero attached hydrogens (tertiary/aromatic N) is 2. The Hall–Kier alpha value is -1.98. The van der Waals surface area contributed by atoms with Crippen LogP contribution in [-0.2, 0) is 6.54 Å². The van der Waals surface area contributed by atoms with E-state index in [0.29, 0.717) is 0 Å². The number of piperidine rings is 2. The first-order valence-corrected chi connectivity index (χ1v) is 12.4. The van der Waals surface area contributed by atoms with Gasteiger partial charge in [-0.05, 0) is 68.2 Å². The minimum Gasteiger partial charge on any atom is -0.489 e. The van der Waals surface area contributed by atoms with E-state index in [1.807, 2.05) is 29.2 Å². The van der Waals surface area contributed by atoms with Gasteiger partial charge < -0.3 is 9.64 Å². The van der Waals surface area contributed by atoms with Crippen molar-refractivity contribution in [2.75, 3.05) is 32.4 Å². The number of ether oxygens (including phenoxy) is 1. The van der Waals surface area contributed by atoms with Crippen LogP contribution in [0.1, 0.15) is 48.0 Å². The second-order valence-electron chi connectivity index (χ2n) is 8.29. The number of rotatable bonds is 6. The van der Waals surface area contributed by atoms with E-state index in [1.165, 1.54) is 16.9 Å². The molecular formula is C25H32N2O2S. The first kappa shape index (κ1) is 21.3. The molecule has 160 valence electrons. The number of benzene rings is 2. The second kappa shape index (κ2) is 10.4. The predicted molar refractivity (Wildman–Crippen MR) is 123 cm³/mol. The maximum absolute atomic E-state index is 13.0. The van der Waals surface area contributed by atoms with Crippen molar-refractivity contribution in [3.8, 4) is 5.75 Å². The zero-order chi connectivity index (χ0) is 20.8. The average Bonchev–Trinajstić information content (AvgIpc) is 2.81. The summed E-state index contributed by atoms with van der Waals surface area (Å²) in [5.41, 5.74) is 2.09. The van der Waals surface area contributed by atoms with E-state index in [1.54, 1.807) is 11.8 Å². The molecular weight excluding hydrogens is 392 g/mol. The lowest BCUT2D eigenvalue weighted by molar-refractivity contribution is 0.0702. The molecule has 2 aromatic carbocycles. The van der Waals surface area contributed by atoms with Crippen molar-refractivity contribution in [3.63, 3.8) is 0 Å². The standard InChI is InChI=1S/C25H32N2O2S/c1-30-22-9-7-8-20(18-22)19-26-16-12-21(13-17-26)29-24-11-4-3-10-23(24)25(28)27-14-5-2-6-15-27/h3-4,7-11,18,21H,2,5-6,12-17,19H2,1H3. The van der Waals surface area contributed by atoms with Crippen LogP contribution >= 0.6 is 11.8 Å². The number of carbonyl (C=O) groups excluding carboxylic acids is 1. The largest absolute Gasteiger partial charge is 0.489 e. The van der Waals surface area contributed by atoms with Crippen molar-refractivity contribution in [2.45, 2.75) is 49.6 Å². The van der Waals surface area contributed by atoms with Crippen LogP contribution in [0.15, 0.2) is 53.4 Å². The number of carbonyl (C=O) groups is 1. The molecule has 0 unspecified atom stereocenters. The number of para-hydroxylation sites is 1. The highest BCUT2D eigenvalue weighted by Gasteiger charge is 2.25. The number of hydrogen-bond donors (Lipinski definition) is 0. The molecule has 4 rings (SSSR count). The molecule has 2 aliphatic heterocycles. The monoisotopic (exact) mass is 424 g/mol. The van der Waals surface area contributed by atoms with Crippen molar-refractivity contribution in [3.05, 3.63) is 59.7 Å². The number of hydrogen-bond acceptors (Lipinski definition) is 4. The summed E-state index contributed by atoms with van der Waals surface area (Å²) in [6.45, 7) is 4.77. The summed E-state index contributed by atoms with van der Waals surface area (Å²) in [7, 11) is 0. The minimum absolute atomic E-state index is 0.122. The van der Waals surface area contributed by atoms with E-state index in [0.717, 1.165) is 69.7 Å². The van der Waals surface area contributed by atoms with Crippen molar-refractivity contribution >= 4 is 17.7 Å². The van der Waals surface area contributed by atoms with Gasteiger partial charge in [-0.15, -0.1) is 11.8 Å². The Balaban J connectivity index is 1.33. The molecule has 5 heteroatoms. The normalized spacial score (nSPS) is 18.4. The Morgan fingerprint density at radius 3 is 2.53 bits per heavy atom. The molecule has 2 fully saturated rings.